The van der Waals surface area contributed by atoms with Gasteiger partial charge in [-0.2, -0.15) is 0 Å². The van der Waals surface area contributed by atoms with E-state index in [4.69, 9.17) is 4.74 Å². The summed E-state index contributed by atoms with van der Waals surface area (Å²) >= 11 is 3.39. The quantitative estimate of drug-likeness (QED) is 0.644. The van der Waals surface area contributed by atoms with Gasteiger partial charge in [0.25, 0.3) is 0 Å². The number of benzene rings is 1. The average Bonchev–Trinajstić information content (AvgIpc) is 2.89. The van der Waals surface area contributed by atoms with Crippen LogP contribution in [0.15, 0.2) is 28.7 Å². The van der Waals surface area contributed by atoms with Crippen LogP contribution in [0.25, 0.3) is 0 Å². The number of hydrogen-bond donors (Lipinski definition) is 2. The molecular formula is C20H26BrN2O3+. The van der Waals surface area contributed by atoms with Gasteiger partial charge in [0.1, 0.15) is 24.9 Å². The van der Waals surface area contributed by atoms with Gasteiger partial charge in [-0.15, -0.1) is 0 Å². The Balaban J connectivity index is 1.98. The number of ketones is 2. The molecule has 0 aliphatic carbocycles. The summed E-state index contributed by atoms with van der Waals surface area (Å²) in [4.78, 5) is 28.8. The van der Waals surface area contributed by atoms with E-state index in [0.29, 0.717) is 24.4 Å². The Morgan fingerprint density at radius 3 is 2.38 bits per heavy atom. The van der Waals surface area contributed by atoms with Crippen LogP contribution in [-0.2, 0) is 0 Å². The molecule has 1 aromatic heterocycles. The zero-order chi connectivity index (χ0) is 19.4. The molecule has 5 nitrogen and oxygen atoms in total. The third-order valence-electron chi connectivity index (χ3n) is 4.75. The molecule has 0 amide bonds. The first kappa shape index (κ1) is 20.4. The first-order valence-corrected chi connectivity index (χ1v) is 9.46. The van der Waals surface area contributed by atoms with E-state index in [1.54, 1.807) is 0 Å². The first-order valence-electron chi connectivity index (χ1n) is 8.67. The number of quaternary nitrogens is 1. The van der Waals surface area contributed by atoms with Crippen molar-refractivity contribution < 1.29 is 19.2 Å². The second-order valence-corrected chi connectivity index (χ2v) is 7.58. The van der Waals surface area contributed by atoms with Gasteiger partial charge in [0.15, 0.2) is 5.78 Å². The molecule has 2 rings (SSSR count). The number of likely N-dealkylation sites (N-methyl/N-ethyl adjacent to an activating group) is 1. The van der Waals surface area contributed by atoms with Gasteiger partial charge in [0, 0.05) is 15.7 Å². The van der Waals surface area contributed by atoms with Crippen molar-refractivity contribution in [1.29, 1.82) is 0 Å². The number of aromatic amines is 1. The van der Waals surface area contributed by atoms with E-state index in [1.165, 1.54) is 6.92 Å². The molecule has 0 saturated carbocycles. The summed E-state index contributed by atoms with van der Waals surface area (Å²) in [7, 11) is 1.98. The maximum absolute atomic E-state index is 12.9. The molecular weight excluding hydrogens is 396 g/mol. The Labute approximate surface area is 162 Å². The van der Waals surface area contributed by atoms with Crippen LogP contribution in [-0.4, -0.2) is 42.8 Å². The van der Waals surface area contributed by atoms with E-state index in [0.717, 1.165) is 26.4 Å². The predicted octanol–water partition coefficient (Wildman–Crippen LogP) is 2.76. The molecule has 2 aromatic rings. The number of aromatic nitrogens is 1. The number of rotatable bonds is 8. The van der Waals surface area contributed by atoms with Crippen LogP contribution >= 0.6 is 15.9 Å². The Morgan fingerprint density at radius 1 is 1.23 bits per heavy atom. The zero-order valence-electron chi connectivity index (χ0n) is 15.9. The lowest BCUT2D eigenvalue weighted by atomic mass is 10.0. The highest BCUT2D eigenvalue weighted by molar-refractivity contribution is 9.10. The molecule has 0 radical (unpaired) electrons. The molecule has 0 aliphatic rings. The summed E-state index contributed by atoms with van der Waals surface area (Å²) in [6.45, 7) is 8.30. The molecule has 0 fully saturated rings. The molecule has 140 valence electrons. The van der Waals surface area contributed by atoms with Crippen LogP contribution < -0.4 is 9.64 Å². The summed E-state index contributed by atoms with van der Waals surface area (Å²) in [5, 5.41) is 0. The number of halogens is 1. The van der Waals surface area contributed by atoms with Crippen molar-refractivity contribution in [2.75, 3.05) is 20.2 Å². The largest absolute Gasteiger partial charge is 0.488 e. The number of Topliss-reactive ketones (excluding diaryl/α,β-unsaturated/α-hetero) is 2. The van der Waals surface area contributed by atoms with Gasteiger partial charge < -0.3 is 14.6 Å². The van der Waals surface area contributed by atoms with Crippen molar-refractivity contribution in [3.8, 4) is 5.75 Å². The van der Waals surface area contributed by atoms with Gasteiger partial charge in [-0.25, -0.2) is 0 Å². The van der Waals surface area contributed by atoms with Crippen molar-refractivity contribution in [3.63, 3.8) is 0 Å². The average molecular weight is 422 g/mol. The van der Waals surface area contributed by atoms with Crippen molar-refractivity contribution in [3.05, 3.63) is 51.3 Å². The van der Waals surface area contributed by atoms with Crippen LogP contribution in [0.5, 0.6) is 5.75 Å². The van der Waals surface area contributed by atoms with Crippen molar-refractivity contribution in [2.24, 2.45) is 0 Å². The molecule has 1 heterocycles. The molecule has 2 atom stereocenters. The Bertz CT molecular complexity index is 796. The first-order chi connectivity index (χ1) is 12.2. The van der Waals surface area contributed by atoms with Gasteiger partial charge in [-0.1, -0.05) is 15.9 Å². The molecule has 0 spiro atoms. The van der Waals surface area contributed by atoms with E-state index < -0.39 is 0 Å². The predicted molar refractivity (Wildman–Crippen MR) is 105 cm³/mol. The number of H-pyrrole nitrogens is 1. The van der Waals surface area contributed by atoms with E-state index in [1.807, 2.05) is 52.1 Å². The minimum Gasteiger partial charge on any atom is -0.488 e. The lowest BCUT2D eigenvalue weighted by Crippen LogP contribution is -3.14. The van der Waals surface area contributed by atoms with Crippen molar-refractivity contribution in [1.82, 2.24) is 4.98 Å². The lowest BCUT2D eigenvalue weighted by Gasteiger charge is -2.20. The van der Waals surface area contributed by atoms with Crippen LogP contribution in [0.3, 0.4) is 0 Å². The third kappa shape index (κ3) is 4.62. The van der Waals surface area contributed by atoms with E-state index in [9.17, 15) is 9.59 Å². The minimum atomic E-state index is -0.236. The zero-order valence-corrected chi connectivity index (χ0v) is 17.5. The van der Waals surface area contributed by atoms with Crippen molar-refractivity contribution in [2.45, 2.75) is 33.7 Å². The fourth-order valence-electron chi connectivity index (χ4n) is 3.04. The highest BCUT2D eigenvalue weighted by atomic mass is 79.9. The van der Waals surface area contributed by atoms with Crippen LogP contribution in [0.4, 0.5) is 0 Å². The number of aryl methyl sites for hydroxylation is 1. The van der Waals surface area contributed by atoms with E-state index in [2.05, 4.69) is 20.9 Å². The minimum absolute atomic E-state index is 0.0132. The lowest BCUT2D eigenvalue weighted by molar-refractivity contribution is -0.893. The Morgan fingerprint density at radius 2 is 1.85 bits per heavy atom. The topological polar surface area (TPSA) is 63.6 Å². The van der Waals surface area contributed by atoms with Crippen LogP contribution in [0, 0.1) is 13.8 Å². The highest BCUT2D eigenvalue weighted by Crippen LogP contribution is 2.19. The summed E-state index contributed by atoms with van der Waals surface area (Å²) in [6, 6.07) is 7.44. The summed E-state index contributed by atoms with van der Waals surface area (Å²) in [5.74, 6) is 0.799. The molecule has 0 bridgehead atoms. The fraction of sp³-hybridized carbons (Fsp3) is 0.400. The Hall–Kier alpha value is -1.92. The molecule has 0 aliphatic heterocycles. The van der Waals surface area contributed by atoms with Crippen molar-refractivity contribution >= 4 is 27.5 Å². The SMILES string of the molecule is CC(=O)c1c(C)[nH]c(C(=O)[C@@H](C)[NH+](C)CCOc2ccc(Br)cc2)c1C. The summed E-state index contributed by atoms with van der Waals surface area (Å²) in [5.41, 5.74) is 2.65. The van der Waals surface area contributed by atoms with E-state index >= 15 is 0 Å². The van der Waals surface area contributed by atoms with E-state index in [-0.39, 0.29) is 17.6 Å². The number of carbonyl (C=O) groups is 2. The fourth-order valence-corrected chi connectivity index (χ4v) is 3.31. The Kier molecular flexibility index (Phi) is 6.78. The standard InChI is InChI=1S/C20H25BrN2O3/c1-12-18(15(4)24)13(2)22-19(12)20(25)14(3)23(5)10-11-26-17-8-6-16(21)7-9-17/h6-9,14,22H,10-11H2,1-5H3/p+1/t14-/m1/s1. The monoisotopic (exact) mass is 421 g/mol. The summed E-state index contributed by atoms with van der Waals surface area (Å²) < 4.78 is 6.75. The van der Waals surface area contributed by atoms with Crippen LogP contribution in [0.1, 0.15) is 46.0 Å². The number of nitrogens with one attached hydrogen (secondary N) is 2. The van der Waals surface area contributed by atoms with Gasteiger partial charge in [0.2, 0.25) is 5.78 Å². The van der Waals surface area contributed by atoms with Gasteiger partial charge in [0.05, 0.1) is 12.7 Å². The molecule has 1 unspecified atom stereocenters. The maximum Gasteiger partial charge on any atom is 0.235 e. The normalized spacial score (nSPS) is 13.3. The van der Waals surface area contributed by atoms with Gasteiger partial charge in [-0.3, -0.25) is 9.59 Å². The summed E-state index contributed by atoms with van der Waals surface area (Å²) in [6.07, 6.45) is 0. The van der Waals surface area contributed by atoms with Gasteiger partial charge >= 0.3 is 0 Å². The van der Waals surface area contributed by atoms with Crippen LogP contribution in [0.2, 0.25) is 0 Å². The second kappa shape index (κ2) is 8.64. The smallest absolute Gasteiger partial charge is 0.235 e. The molecule has 0 saturated heterocycles. The number of carbonyl (C=O) groups excluding carboxylic acids is 2. The number of ether oxygens (including phenoxy) is 1. The molecule has 6 heteroatoms. The third-order valence-corrected chi connectivity index (χ3v) is 5.28. The maximum atomic E-state index is 12.9. The highest BCUT2D eigenvalue weighted by Gasteiger charge is 2.28. The van der Waals surface area contributed by atoms with Gasteiger partial charge in [-0.05, 0) is 57.5 Å². The molecule has 1 aromatic carbocycles. The second-order valence-electron chi connectivity index (χ2n) is 6.67. The molecule has 2 N–H and O–H groups in total. The molecule has 26 heavy (non-hydrogen) atoms. The number of hydrogen-bond acceptors (Lipinski definition) is 3.